The Bertz CT molecular complexity index is 296. The molecular formula is C8H7F3N2. The summed E-state index contributed by atoms with van der Waals surface area (Å²) in [5.41, 5.74) is 0.588. The minimum atomic E-state index is -4.07. The van der Waals surface area contributed by atoms with Gasteiger partial charge in [0.2, 0.25) is 0 Å². The van der Waals surface area contributed by atoms with Gasteiger partial charge >= 0.3 is 6.18 Å². The molecule has 1 saturated carbocycles. The van der Waals surface area contributed by atoms with Crippen molar-refractivity contribution in [1.82, 2.24) is 9.97 Å². The Kier molecular flexibility index (Phi) is 1.75. The third kappa shape index (κ3) is 1.64. The van der Waals surface area contributed by atoms with Gasteiger partial charge in [0.1, 0.15) is 6.33 Å². The average molecular weight is 188 g/mol. The summed E-state index contributed by atoms with van der Waals surface area (Å²) in [6.45, 7) is 0. The van der Waals surface area contributed by atoms with E-state index in [1.807, 2.05) is 0 Å². The molecule has 1 fully saturated rings. The van der Waals surface area contributed by atoms with Gasteiger partial charge in [-0.2, -0.15) is 13.2 Å². The Hall–Kier alpha value is -1.13. The van der Waals surface area contributed by atoms with E-state index >= 15 is 0 Å². The summed E-state index contributed by atoms with van der Waals surface area (Å²) >= 11 is 0. The van der Waals surface area contributed by atoms with Gasteiger partial charge in [0.05, 0.1) is 5.92 Å². The number of alkyl halides is 3. The SMILES string of the molecule is FC(F)(F)C1CC1c1cncnc1. The third-order valence-electron chi connectivity index (χ3n) is 2.22. The molecule has 0 aromatic carbocycles. The molecule has 0 spiro atoms. The van der Waals surface area contributed by atoms with Crippen LogP contribution < -0.4 is 0 Å². The Balaban J connectivity index is 2.09. The molecule has 1 aliphatic rings. The maximum Gasteiger partial charge on any atom is 0.392 e. The first kappa shape index (κ1) is 8.47. The van der Waals surface area contributed by atoms with Gasteiger partial charge in [-0.25, -0.2) is 9.97 Å². The van der Waals surface area contributed by atoms with E-state index in [2.05, 4.69) is 9.97 Å². The lowest BCUT2D eigenvalue weighted by atomic mass is 10.2. The van der Waals surface area contributed by atoms with Crippen LogP contribution in [0.4, 0.5) is 13.2 Å². The van der Waals surface area contributed by atoms with Crippen molar-refractivity contribution in [3.05, 3.63) is 24.3 Å². The Morgan fingerprint density at radius 3 is 2.31 bits per heavy atom. The summed E-state index contributed by atoms with van der Waals surface area (Å²) < 4.78 is 36.4. The smallest absolute Gasteiger partial charge is 0.245 e. The molecule has 0 saturated heterocycles. The summed E-state index contributed by atoms with van der Waals surface area (Å²) in [4.78, 5) is 7.37. The second-order valence-corrected chi connectivity index (χ2v) is 3.16. The zero-order valence-corrected chi connectivity index (χ0v) is 6.62. The van der Waals surface area contributed by atoms with Crippen molar-refractivity contribution in [1.29, 1.82) is 0 Å². The number of nitrogens with zero attached hydrogens (tertiary/aromatic N) is 2. The molecule has 2 atom stereocenters. The molecule has 1 aromatic rings. The van der Waals surface area contributed by atoms with Crippen LogP contribution in [-0.4, -0.2) is 16.1 Å². The van der Waals surface area contributed by atoms with E-state index in [9.17, 15) is 13.2 Å². The maximum absolute atomic E-state index is 12.1. The zero-order valence-electron chi connectivity index (χ0n) is 6.62. The Morgan fingerprint density at radius 2 is 1.85 bits per heavy atom. The molecule has 13 heavy (non-hydrogen) atoms. The van der Waals surface area contributed by atoms with Gasteiger partial charge in [0.25, 0.3) is 0 Å². The number of rotatable bonds is 1. The molecule has 2 unspecified atom stereocenters. The molecule has 0 aliphatic heterocycles. The Labute approximate surface area is 72.8 Å². The van der Waals surface area contributed by atoms with Crippen LogP contribution in [0.25, 0.3) is 0 Å². The molecular weight excluding hydrogens is 181 g/mol. The minimum Gasteiger partial charge on any atom is -0.245 e. The van der Waals surface area contributed by atoms with Gasteiger partial charge in [-0.15, -0.1) is 0 Å². The topological polar surface area (TPSA) is 25.8 Å². The maximum atomic E-state index is 12.1. The molecule has 70 valence electrons. The monoisotopic (exact) mass is 188 g/mol. The molecule has 0 N–H and O–H groups in total. The van der Waals surface area contributed by atoms with Gasteiger partial charge in [-0.3, -0.25) is 0 Å². The van der Waals surface area contributed by atoms with Gasteiger partial charge < -0.3 is 0 Å². The van der Waals surface area contributed by atoms with Crippen LogP contribution in [0.3, 0.4) is 0 Å². The molecule has 0 bridgehead atoms. The fraction of sp³-hybridized carbons (Fsp3) is 0.500. The number of aromatic nitrogens is 2. The van der Waals surface area contributed by atoms with Crippen molar-refractivity contribution in [2.45, 2.75) is 18.5 Å². The number of hydrogen-bond acceptors (Lipinski definition) is 2. The van der Waals surface area contributed by atoms with Gasteiger partial charge in [-0.1, -0.05) is 0 Å². The van der Waals surface area contributed by atoms with Crippen molar-refractivity contribution in [2.24, 2.45) is 5.92 Å². The molecule has 0 radical (unpaired) electrons. The van der Waals surface area contributed by atoms with E-state index in [0.717, 1.165) is 0 Å². The van der Waals surface area contributed by atoms with Crippen molar-refractivity contribution >= 4 is 0 Å². The van der Waals surface area contributed by atoms with E-state index in [1.54, 1.807) is 0 Å². The molecule has 0 amide bonds. The first-order valence-corrected chi connectivity index (χ1v) is 3.90. The first-order chi connectivity index (χ1) is 6.09. The number of hydrogen-bond donors (Lipinski definition) is 0. The standard InChI is InChI=1S/C8H7F3N2/c9-8(10,11)7-1-6(7)5-2-12-4-13-3-5/h2-4,6-7H,1H2. The molecule has 5 heteroatoms. The largest absolute Gasteiger partial charge is 0.392 e. The average Bonchev–Trinajstić information content (AvgIpc) is 2.83. The first-order valence-electron chi connectivity index (χ1n) is 3.90. The second-order valence-electron chi connectivity index (χ2n) is 3.16. The fourth-order valence-electron chi connectivity index (χ4n) is 1.43. The van der Waals surface area contributed by atoms with Crippen LogP contribution in [-0.2, 0) is 0 Å². The summed E-state index contributed by atoms with van der Waals surface area (Å²) in [5, 5.41) is 0. The lowest BCUT2D eigenvalue weighted by molar-refractivity contribution is -0.148. The molecule has 2 rings (SSSR count). The van der Waals surface area contributed by atoms with Crippen LogP contribution in [0.5, 0.6) is 0 Å². The van der Waals surface area contributed by atoms with Crippen molar-refractivity contribution in [2.75, 3.05) is 0 Å². The Morgan fingerprint density at radius 1 is 1.23 bits per heavy atom. The summed E-state index contributed by atoms with van der Waals surface area (Å²) in [5.74, 6) is -1.60. The van der Waals surface area contributed by atoms with Crippen LogP contribution in [0.15, 0.2) is 18.7 Å². The fourth-order valence-corrected chi connectivity index (χ4v) is 1.43. The highest BCUT2D eigenvalue weighted by Gasteiger charge is 2.56. The van der Waals surface area contributed by atoms with Crippen LogP contribution >= 0.6 is 0 Å². The van der Waals surface area contributed by atoms with Crippen molar-refractivity contribution in [3.63, 3.8) is 0 Å². The van der Waals surface area contributed by atoms with E-state index in [4.69, 9.17) is 0 Å². The minimum absolute atomic E-state index is 0.177. The van der Waals surface area contributed by atoms with E-state index in [0.29, 0.717) is 5.56 Å². The predicted molar refractivity (Wildman–Crippen MR) is 38.9 cm³/mol. The molecule has 1 aromatic heterocycles. The summed E-state index contributed by atoms with van der Waals surface area (Å²) in [7, 11) is 0. The molecule has 1 heterocycles. The lowest BCUT2D eigenvalue weighted by Crippen LogP contribution is -2.11. The summed E-state index contributed by atoms with van der Waals surface area (Å²) in [6, 6.07) is 0. The van der Waals surface area contributed by atoms with Gasteiger partial charge in [-0.05, 0) is 17.9 Å². The van der Waals surface area contributed by atoms with Crippen molar-refractivity contribution in [3.8, 4) is 0 Å². The second kappa shape index (κ2) is 2.68. The van der Waals surface area contributed by atoms with E-state index in [-0.39, 0.29) is 6.42 Å². The van der Waals surface area contributed by atoms with E-state index < -0.39 is 18.0 Å². The third-order valence-corrected chi connectivity index (χ3v) is 2.22. The van der Waals surface area contributed by atoms with Crippen LogP contribution in [0, 0.1) is 5.92 Å². The molecule has 2 nitrogen and oxygen atoms in total. The molecule has 1 aliphatic carbocycles. The highest BCUT2D eigenvalue weighted by Crippen LogP contribution is 2.55. The van der Waals surface area contributed by atoms with Gasteiger partial charge in [0.15, 0.2) is 0 Å². The normalized spacial score (nSPS) is 27.3. The zero-order chi connectivity index (χ0) is 9.47. The predicted octanol–water partition coefficient (Wildman–Crippen LogP) is 2.14. The number of halogens is 3. The summed E-state index contributed by atoms with van der Waals surface area (Å²) in [6.07, 6.45) is 0.318. The van der Waals surface area contributed by atoms with E-state index in [1.165, 1.54) is 18.7 Å². The lowest BCUT2D eigenvalue weighted by Gasteiger charge is -2.03. The quantitative estimate of drug-likeness (QED) is 0.674. The van der Waals surface area contributed by atoms with Crippen LogP contribution in [0.1, 0.15) is 17.9 Å². The van der Waals surface area contributed by atoms with Gasteiger partial charge in [0, 0.05) is 12.4 Å². The highest BCUT2D eigenvalue weighted by molar-refractivity contribution is 5.20. The van der Waals surface area contributed by atoms with Crippen molar-refractivity contribution < 1.29 is 13.2 Å². The highest BCUT2D eigenvalue weighted by atomic mass is 19.4. The van der Waals surface area contributed by atoms with Crippen LogP contribution in [0.2, 0.25) is 0 Å².